The molecule has 66 valence electrons. The summed E-state index contributed by atoms with van der Waals surface area (Å²) in [5.74, 6) is 0. The Morgan fingerprint density at radius 1 is 1.38 bits per heavy atom. The van der Waals surface area contributed by atoms with Crippen LogP contribution in [-0.4, -0.2) is 5.24 Å². The van der Waals surface area contributed by atoms with E-state index in [9.17, 15) is 4.79 Å². The second-order valence-electron chi connectivity index (χ2n) is 2.58. The number of fused-ring (bicyclic) bond motifs is 1. The highest BCUT2D eigenvalue weighted by Gasteiger charge is 2.03. The summed E-state index contributed by atoms with van der Waals surface area (Å²) in [6.45, 7) is 0. The van der Waals surface area contributed by atoms with Crippen LogP contribution in [0.15, 0.2) is 29.6 Å². The van der Waals surface area contributed by atoms with Crippen molar-refractivity contribution in [2.24, 2.45) is 0 Å². The normalized spacial score (nSPS) is 10.2. The van der Waals surface area contributed by atoms with E-state index in [1.54, 1.807) is 11.3 Å². The Morgan fingerprint density at radius 2 is 2.15 bits per heavy atom. The molecule has 0 radical (unpaired) electrons. The van der Waals surface area contributed by atoms with E-state index < -0.39 is 0 Å². The Labute approximate surface area is 85.0 Å². The average Bonchev–Trinajstić information content (AvgIpc) is 2.48. The van der Waals surface area contributed by atoms with Gasteiger partial charge in [-0.3, -0.25) is 4.79 Å². The topological polar surface area (TPSA) is 29.1 Å². The van der Waals surface area contributed by atoms with Gasteiger partial charge in [-0.05, 0) is 6.07 Å². The van der Waals surface area contributed by atoms with E-state index in [0.717, 1.165) is 11.1 Å². The number of amides is 1. The van der Waals surface area contributed by atoms with Gasteiger partial charge in [0.15, 0.2) is 0 Å². The van der Waals surface area contributed by atoms with Gasteiger partial charge >= 0.3 is 0 Å². The number of anilines is 1. The molecule has 0 fully saturated rings. The van der Waals surface area contributed by atoms with E-state index in [-0.39, 0.29) is 5.24 Å². The van der Waals surface area contributed by atoms with Gasteiger partial charge in [-0.1, -0.05) is 30.8 Å². The second kappa shape index (κ2) is 3.40. The smallest absolute Gasteiger partial charge is 0.280 e. The fraction of sp³-hybridized carbons (Fsp3) is 0. The molecule has 0 aliphatic carbocycles. The van der Waals surface area contributed by atoms with Crippen LogP contribution < -0.4 is 5.32 Å². The highest BCUT2D eigenvalue weighted by Crippen LogP contribution is 2.29. The van der Waals surface area contributed by atoms with Gasteiger partial charge in [-0.15, -0.1) is 11.3 Å². The van der Waals surface area contributed by atoms with Crippen molar-refractivity contribution < 1.29 is 4.79 Å². The number of nitrogens with one attached hydrogen (secondary N) is 1. The summed E-state index contributed by atoms with van der Waals surface area (Å²) >= 11 is 5.27. The Hall–Kier alpha value is -1.00. The summed E-state index contributed by atoms with van der Waals surface area (Å²) in [6, 6.07) is 7.92. The summed E-state index contributed by atoms with van der Waals surface area (Å²) in [7, 11) is 0. The lowest BCUT2D eigenvalue weighted by Crippen LogP contribution is -1.99. The molecule has 0 aliphatic rings. The van der Waals surface area contributed by atoms with Crippen molar-refractivity contribution in [1.29, 1.82) is 0 Å². The highest BCUT2D eigenvalue weighted by atomic mass is 32.1. The third kappa shape index (κ3) is 1.68. The molecule has 2 rings (SSSR count). The molecule has 2 nitrogen and oxygen atoms in total. The van der Waals surface area contributed by atoms with Crippen LogP contribution in [-0.2, 0) is 0 Å². The number of carbonyl (C=O) groups excluding carboxylic acids is 1. The maximum atomic E-state index is 10.7. The van der Waals surface area contributed by atoms with Crippen LogP contribution in [0.25, 0.3) is 10.1 Å². The lowest BCUT2D eigenvalue weighted by molar-refractivity contribution is 0.270. The molecule has 4 heteroatoms. The van der Waals surface area contributed by atoms with Crippen LogP contribution in [0.2, 0.25) is 0 Å². The van der Waals surface area contributed by atoms with E-state index >= 15 is 0 Å². The summed E-state index contributed by atoms with van der Waals surface area (Å²) in [4.78, 5) is 10.7. The molecule has 0 aliphatic heterocycles. The molecule has 0 unspecified atom stereocenters. The first-order valence-corrected chi connectivity index (χ1v) is 5.06. The molecule has 0 spiro atoms. The van der Waals surface area contributed by atoms with Crippen LogP contribution in [0.4, 0.5) is 10.5 Å². The van der Waals surface area contributed by atoms with Gasteiger partial charge in [-0.2, -0.15) is 0 Å². The summed E-state index contributed by atoms with van der Waals surface area (Å²) in [6.07, 6.45) is 0. The first kappa shape index (κ1) is 8.59. The zero-order valence-corrected chi connectivity index (χ0v) is 8.36. The van der Waals surface area contributed by atoms with Crippen molar-refractivity contribution in [2.45, 2.75) is 0 Å². The minimum absolute atomic E-state index is 0.330. The number of carbonyl (C=O) groups is 1. The zero-order chi connectivity index (χ0) is 9.26. The van der Waals surface area contributed by atoms with Crippen molar-refractivity contribution >= 4 is 45.0 Å². The predicted molar refractivity (Wildman–Crippen MR) is 59.8 cm³/mol. The number of thiol groups is 1. The molecule has 0 saturated carbocycles. The monoisotopic (exact) mass is 209 g/mol. The maximum absolute atomic E-state index is 10.7. The summed E-state index contributed by atoms with van der Waals surface area (Å²) < 4.78 is 1.17. The van der Waals surface area contributed by atoms with E-state index in [1.807, 2.05) is 29.6 Å². The molecule has 0 atom stereocenters. The molecule has 1 aromatic heterocycles. The third-order valence-corrected chi connectivity index (χ3v) is 2.80. The molecular formula is C9H7NOS2. The molecule has 1 heterocycles. The molecule has 2 aromatic rings. The van der Waals surface area contributed by atoms with Crippen LogP contribution in [0.3, 0.4) is 0 Å². The maximum Gasteiger partial charge on any atom is 0.280 e. The number of thiophene rings is 1. The first-order valence-electron chi connectivity index (χ1n) is 3.73. The van der Waals surface area contributed by atoms with Crippen LogP contribution >= 0.6 is 24.0 Å². The van der Waals surface area contributed by atoms with Gasteiger partial charge in [-0.25, -0.2) is 0 Å². The average molecular weight is 209 g/mol. The molecule has 1 aromatic carbocycles. The SMILES string of the molecule is O=C(S)Nc1csc2ccccc12. The molecule has 1 amide bonds. The fourth-order valence-electron chi connectivity index (χ4n) is 1.19. The standard InChI is InChI=1S/C9H7NOS2/c11-9(12)10-7-5-13-8-4-2-1-3-6(7)8/h1-5H,(H2,10,11,12). The van der Waals surface area contributed by atoms with Gasteiger partial charge in [0.05, 0.1) is 5.69 Å². The van der Waals surface area contributed by atoms with Crippen LogP contribution in [0.1, 0.15) is 0 Å². The number of hydrogen-bond acceptors (Lipinski definition) is 2. The second-order valence-corrected chi connectivity index (χ2v) is 3.89. The molecular weight excluding hydrogens is 202 g/mol. The van der Waals surface area contributed by atoms with Gasteiger partial charge in [0.25, 0.3) is 5.24 Å². The van der Waals surface area contributed by atoms with Gasteiger partial charge < -0.3 is 5.32 Å². The van der Waals surface area contributed by atoms with Crippen molar-refractivity contribution in [2.75, 3.05) is 5.32 Å². The Morgan fingerprint density at radius 3 is 2.92 bits per heavy atom. The molecule has 0 saturated heterocycles. The Bertz CT molecular complexity index is 450. The van der Waals surface area contributed by atoms with Crippen molar-refractivity contribution in [3.05, 3.63) is 29.6 Å². The largest absolute Gasteiger partial charge is 0.316 e. The lowest BCUT2D eigenvalue weighted by atomic mass is 10.2. The van der Waals surface area contributed by atoms with Crippen LogP contribution in [0, 0.1) is 0 Å². The minimum atomic E-state index is -0.330. The minimum Gasteiger partial charge on any atom is -0.316 e. The number of rotatable bonds is 1. The quantitative estimate of drug-likeness (QED) is 0.693. The van der Waals surface area contributed by atoms with Gasteiger partial charge in [0.1, 0.15) is 0 Å². The molecule has 13 heavy (non-hydrogen) atoms. The summed E-state index contributed by atoms with van der Waals surface area (Å²) in [5.41, 5.74) is 0.834. The molecule has 1 N–H and O–H groups in total. The van der Waals surface area contributed by atoms with E-state index in [1.165, 1.54) is 4.70 Å². The third-order valence-electron chi connectivity index (χ3n) is 1.72. The summed E-state index contributed by atoms with van der Waals surface area (Å²) in [5, 5.41) is 5.31. The van der Waals surface area contributed by atoms with E-state index in [2.05, 4.69) is 17.9 Å². The van der Waals surface area contributed by atoms with E-state index in [4.69, 9.17) is 0 Å². The van der Waals surface area contributed by atoms with E-state index in [0.29, 0.717) is 0 Å². The lowest BCUT2D eigenvalue weighted by Gasteiger charge is -1.97. The van der Waals surface area contributed by atoms with Gasteiger partial charge in [0.2, 0.25) is 0 Å². The Balaban J connectivity index is 2.51. The van der Waals surface area contributed by atoms with Crippen molar-refractivity contribution in [3.8, 4) is 0 Å². The van der Waals surface area contributed by atoms with Crippen molar-refractivity contribution in [1.82, 2.24) is 0 Å². The van der Waals surface area contributed by atoms with Crippen molar-refractivity contribution in [3.63, 3.8) is 0 Å². The predicted octanol–water partition coefficient (Wildman–Crippen LogP) is 3.36. The fourth-order valence-corrected chi connectivity index (χ4v) is 2.20. The van der Waals surface area contributed by atoms with Crippen LogP contribution in [0.5, 0.6) is 0 Å². The number of benzene rings is 1. The van der Waals surface area contributed by atoms with Gasteiger partial charge in [0, 0.05) is 15.5 Å². The zero-order valence-electron chi connectivity index (χ0n) is 6.65. The molecule has 0 bridgehead atoms. The first-order chi connectivity index (χ1) is 6.27. The highest BCUT2D eigenvalue weighted by molar-refractivity contribution is 7.96. The number of hydrogen-bond donors (Lipinski definition) is 2. The Kier molecular flexibility index (Phi) is 2.24.